The highest BCUT2D eigenvalue weighted by molar-refractivity contribution is 5.98. The number of benzene rings is 1. The van der Waals surface area contributed by atoms with Gasteiger partial charge in [0.25, 0.3) is 0 Å². The topological polar surface area (TPSA) is 357 Å². The van der Waals surface area contributed by atoms with Crippen molar-refractivity contribution in [2.45, 2.75) is 145 Å². The molecule has 0 spiro atoms. The van der Waals surface area contributed by atoms with Crippen LogP contribution < -0.4 is 33.2 Å². The summed E-state index contributed by atoms with van der Waals surface area (Å²) >= 11 is 0. The Morgan fingerprint density at radius 3 is 2.25 bits per heavy atom. The quantitative estimate of drug-likeness (QED) is 0.0404. The second-order valence-electron chi connectivity index (χ2n) is 18.2. The molecule has 6 rings (SSSR count). The van der Waals surface area contributed by atoms with E-state index in [-0.39, 0.29) is 63.4 Å². The number of nitrogens with two attached hydrogens (primary N) is 3. The summed E-state index contributed by atoms with van der Waals surface area (Å²) in [6.07, 6.45) is 2.20. The van der Waals surface area contributed by atoms with Crippen molar-refractivity contribution >= 4 is 53.3 Å². The lowest BCUT2D eigenvalue weighted by atomic mass is 9.84. The van der Waals surface area contributed by atoms with Gasteiger partial charge in [-0.1, -0.05) is 37.1 Å². The van der Waals surface area contributed by atoms with E-state index in [0.29, 0.717) is 37.7 Å². The van der Waals surface area contributed by atoms with Crippen molar-refractivity contribution in [2.24, 2.45) is 28.1 Å². The Morgan fingerprint density at radius 1 is 0.851 bits per heavy atom. The lowest BCUT2D eigenvalue weighted by molar-refractivity contribution is -0.156. The first kappa shape index (κ1) is 50.5. The minimum Gasteiger partial charge on any atom is -0.480 e. The summed E-state index contributed by atoms with van der Waals surface area (Å²) in [5.41, 5.74) is 18.4. The van der Waals surface area contributed by atoms with E-state index in [1.807, 2.05) is 6.07 Å². The Hall–Kier alpha value is -5.91. The molecule has 23 nitrogen and oxygen atoms in total. The number of rotatable bonds is 17. The minimum atomic E-state index is -1.71. The normalized spacial score (nSPS) is 26.3. The minimum absolute atomic E-state index is 0.00911. The van der Waals surface area contributed by atoms with Crippen LogP contribution in [-0.2, 0) is 51.3 Å². The highest BCUT2D eigenvalue weighted by Crippen LogP contribution is 2.41. The van der Waals surface area contributed by atoms with Crippen LogP contribution in [0.1, 0.15) is 82.3 Å². The lowest BCUT2D eigenvalue weighted by Gasteiger charge is -2.42. The number of nitrogens with zero attached hydrogens (tertiary/aromatic N) is 5. The highest BCUT2D eigenvalue weighted by Gasteiger charge is 2.51. The standard InChI is InChI=1S/C44H65N11O12/c1-23(57)35(51-34(59)20-49-38(61)36-33(58)14-17-53(36)41(64)30-13-7-16-52(30)39(62)27(45)11-6-15-48-44(46)47)37(60)50-28(22-56)40(63)54-21-26-10-3-2-8-24(26)18-31(54)42(65)55-29-12-5-4-9-25(29)19-32(55)43(66)67/h2-3,8,10,23,25,27-33,35-36,56-58H,4-7,9,11-22,45H2,1H3,(H,49,61)(H,50,60)(H,51,59)(H,66,67)(H4,46,47,48)/t23-,25+,27+,28+,29+,30+,31+,32+,33+,35+,36+/m1/s1. The molecule has 11 atom stereocenters. The Balaban J connectivity index is 1.07. The van der Waals surface area contributed by atoms with E-state index in [2.05, 4.69) is 20.9 Å². The summed E-state index contributed by atoms with van der Waals surface area (Å²) in [5.74, 6) is -6.55. The van der Waals surface area contributed by atoms with E-state index < -0.39 is 115 Å². The summed E-state index contributed by atoms with van der Waals surface area (Å²) in [6.45, 7) is -0.0777. The molecular formula is C44H65N11O12. The molecule has 4 heterocycles. The number of carboxylic acid groups (broad SMARTS) is 1. The number of guanidine groups is 1. The number of hydrogen-bond acceptors (Lipinski definition) is 13. The van der Waals surface area contributed by atoms with E-state index in [0.717, 1.165) is 29.7 Å². The van der Waals surface area contributed by atoms with Crippen LogP contribution in [0.5, 0.6) is 0 Å². The van der Waals surface area contributed by atoms with Gasteiger partial charge in [-0.25, -0.2) is 4.79 Å². The summed E-state index contributed by atoms with van der Waals surface area (Å²) in [7, 11) is 0. The smallest absolute Gasteiger partial charge is 0.326 e. The number of aliphatic hydroxyl groups excluding tert-OH is 3. The first-order valence-corrected chi connectivity index (χ1v) is 23.1. The van der Waals surface area contributed by atoms with E-state index in [9.17, 15) is 58.8 Å². The molecule has 4 aliphatic heterocycles. The van der Waals surface area contributed by atoms with E-state index in [1.54, 1.807) is 18.2 Å². The van der Waals surface area contributed by atoms with Gasteiger partial charge in [0.1, 0.15) is 36.3 Å². The predicted octanol–water partition coefficient (Wildman–Crippen LogP) is -4.02. The van der Waals surface area contributed by atoms with Gasteiger partial charge in [-0.3, -0.25) is 38.6 Å². The third kappa shape index (κ3) is 11.4. The zero-order chi connectivity index (χ0) is 48.7. The highest BCUT2D eigenvalue weighted by atomic mass is 16.4. The molecule has 4 fully saturated rings. The van der Waals surface area contributed by atoms with Crippen molar-refractivity contribution in [3.05, 3.63) is 35.4 Å². The second kappa shape index (κ2) is 22.3. The number of fused-ring (bicyclic) bond motifs is 2. The van der Waals surface area contributed by atoms with Gasteiger partial charge < -0.3 is 73.2 Å². The van der Waals surface area contributed by atoms with Crippen molar-refractivity contribution in [3.63, 3.8) is 0 Å². The molecule has 1 saturated carbocycles. The molecule has 0 radical (unpaired) electrons. The van der Waals surface area contributed by atoms with Crippen molar-refractivity contribution < 1.29 is 58.8 Å². The van der Waals surface area contributed by atoms with E-state index in [1.165, 1.54) is 21.6 Å². The maximum absolute atomic E-state index is 14.5. The molecule has 1 aliphatic carbocycles. The second-order valence-corrected chi connectivity index (χ2v) is 18.2. The number of hydrogen-bond donors (Lipinski definition) is 10. The van der Waals surface area contributed by atoms with E-state index >= 15 is 0 Å². The largest absolute Gasteiger partial charge is 0.480 e. The van der Waals surface area contributed by atoms with Gasteiger partial charge in [0, 0.05) is 38.6 Å². The maximum atomic E-state index is 14.5. The Morgan fingerprint density at radius 2 is 1.57 bits per heavy atom. The molecule has 368 valence electrons. The molecule has 5 aliphatic rings. The SMILES string of the molecule is C[C@@H](O)[C@H](NC(=O)CNC(=O)[C@@H]1[C@@H](O)CCN1C(=O)[C@@H]1CCCN1C(=O)[C@@H](N)CCCN=C(N)N)C(=O)N[C@@H](CO)C(=O)N1Cc2ccccc2C[C@H]1C(=O)N1[C@H](C(=O)O)C[C@@H]2CCCC[C@@H]21. The average Bonchev–Trinajstić information content (AvgIpc) is 4.06. The Bertz CT molecular complexity index is 2070. The van der Waals surface area contributed by atoms with Gasteiger partial charge in [0.15, 0.2) is 5.96 Å². The molecule has 13 N–H and O–H groups in total. The van der Waals surface area contributed by atoms with Gasteiger partial charge >= 0.3 is 5.97 Å². The third-order valence-corrected chi connectivity index (χ3v) is 13.8. The van der Waals surface area contributed by atoms with Crippen LogP contribution in [0, 0.1) is 5.92 Å². The van der Waals surface area contributed by atoms with Crippen molar-refractivity contribution in [2.75, 3.05) is 32.8 Å². The number of aliphatic hydroxyl groups is 3. The summed E-state index contributed by atoms with van der Waals surface area (Å²) in [6, 6.07) is -2.03. The van der Waals surface area contributed by atoms with Crippen molar-refractivity contribution in [3.8, 4) is 0 Å². The van der Waals surface area contributed by atoms with E-state index in [4.69, 9.17) is 17.2 Å². The number of aliphatic imine (C=N–C) groups is 1. The van der Waals surface area contributed by atoms with Gasteiger partial charge in [-0.2, -0.15) is 0 Å². The number of carboxylic acids is 1. The summed E-state index contributed by atoms with van der Waals surface area (Å²) < 4.78 is 0. The number of carbonyl (C=O) groups is 8. The van der Waals surface area contributed by atoms with Crippen LogP contribution in [0.15, 0.2) is 29.3 Å². The number of carbonyl (C=O) groups excluding carboxylic acids is 7. The Labute approximate surface area is 387 Å². The van der Waals surface area contributed by atoms with Crippen LogP contribution in [0.4, 0.5) is 0 Å². The van der Waals surface area contributed by atoms with Crippen molar-refractivity contribution in [1.82, 2.24) is 35.6 Å². The van der Waals surface area contributed by atoms with Gasteiger partial charge in [0.2, 0.25) is 41.4 Å². The van der Waals surface area contributed by atoms with Crippen LogP contribution >= 0.6 is 0 Å². The van der Waals surface area contributed by atoms with Crippen LogP contribution in [0.2, 0.25) is 0 Å². The fraction of sp³-hybridized carbons (Fsp3) is 0.659. The maximum Gasteiger partial charge on any atom is 0.326 e. The van der Waals surface area contributed by atoms with Gasteiger partial charge in [0.05, 0.1) is 31.4 Å². The van der Waals surface area contributed by atoms with Crippen LogP contribution in [-0.4, -0.2) is 187 Å². The summed E-state index contributed by atoms with van der Waals surface area (Å²) in [4.78, 5) is 118. The van der Waals surface area contributed by atoms with Gasteiger partial charge in [-0.15, -0.1) is 0 Å². The van der Waals surface area contributed by atoms with Crippen LogP contribution in [0.25, 0.3) is 0 Å². The number of aliphatic carboxylic acids is 1. The summed E-state index contributed by atoms with van der Waals surface area (Å²) in [5, 5.41) is 49.2. The van der Waals surface area contributed by atoms with Crippen molar-refractivity contribution in [1.29, 1.82) is 0 Å². The fourth-order valence-electron chi connectivity index (χ4n) is 10.4. The molecule has 67 heavy (non-hydrogen) atoms. The monoisotopic (exact) mass is 939 g/mol. The molecule has 7 amide bonds. The zero-order valence-electron chi connectivity index (χ0n) is 37.7. The first-order valence-electron chi connectivity index (χ1n) is 23.1. The molecule has 0 aromatic heterocycles. The molecule has 1 aromatic rings. The van der Waals surface area contributed by atoms with Crippen LogP contribution in [0.3, 0.4) is 0 Å². The Kier molecular flexibility index (Phi) is 16.8. The third-order valence-electron chi connectivity index (χ3n) is 13.8. The number of nitrogens with one attached hydrogen (secondary N) is 3. The first-order chi connectivity index (χ1) is 31.9. The molecule has 3 saturated heterocycles. The molecule has 1 aromatic carbocycles. The molecule has 23 heteroatoms. The number of amides is 7. The van der Waals surface area contributed by atoms with Gasteiger partial charge in [-0.05, 0) is 75.3 Å². The molecular weight excluding hydrogens is 875 g/mol. The number of likely N-dealkylation sites (tertiary alicyclic amines) is 3. The fourth-order valence-corrected chi connectivity index (χ4v) is 10.4. The predicted molar refractivity (Wildman–Crippen MR) is 238 cm³/mol. The molecule has 0 bridgehead atoms. The lowest BCUT2D eigenvalue weighted by Crippen LogP contribution is -2.63. The zero-order valence-corrected chi connectivity index (χ0v) is 37.7. The average molecular weight is 940 g/mol. The molecule has 0 unspecified atom stereocenters.